The summed E-state index contributed by atoms with van der Waals surface area (Å²) in [6.45, 7) is 12.3. The van der Waals surface area contributed by atoms with Crippen LogP contribution in [0, 0.1) is 28.0 Å². The minimum Gasteiger partial charge on any atom is -0.508 e. The predicted molar refractivity (Wildman–Crippen MR) is 297 cm³/mol. The number of anilines is 2. The van der Waals surface area contributed by atoms with Crippen molar-refractivity contribution in [1.82, 2.24) is 40.3 Å². The van der Waals surface area contributed by atoms with Crippen LogP contribution in [0.1, 0.15) is 75.0 Å². The molecule has 20 heteroatoms. The Morgan fingerprint density at radius 3 is 2.25 bits per heavy atom. The van der Waals surface area contributed by atoms with Crippen LogP contribution in [0.15, 0.2) is 85.1 Å². The van der Waals surface area contributed by atoms with Gasteiger partial charge in [0.25, 0.3) is 5.91 Å². The molecule has 5 aliphatic rings. The number of ether oxygens (including phenoxy) is 1. The molecule has 0 radical (unpaired) electrons. The zero-order chi connectivity index (χ0) is 55.2. The van der Waals surface area contributed by atoms with E-state index in [1.54, 1.807) is 37.5 Å². The molecule has 5 fully saturated rings. The number of carbonyl (C=O) groups is 1. The summed E-state index contributed by atoms with van der Waals surface area (Å²) in [6, 6.07) is 24.0. The number of fused-ring (bicyclic) bond motifs is 4. The number of nitrogens with one attached hydrogen (secondary N) is 4. The molecule has 2 bridgehead atoms. The van der Waals surface area contributed by atoms with Crippen molar-refractivity contribution in [3.8, 4) is 28.8 Å². The van der Waals surface area contributed by atoms with Gasteiger partial charge in [0.2, 0.25) is 0 Å². The van der Waals surface area contributed by atoms with E-state index in [9.17, 15) is 28.2 Å². The summed E-state index contributed by atoms with van der Waals surface area (Å²) < 4.78 is 62.6. The molecule has 6 heterocycles. The second-order valence-corrected chi connectivity index (χ2v) is 22.7. The van der Waals surface area contributed by atoms with Crippen LogP contribution in [0.5, 0.6) is 17.5 Å². The Labute approximate surface area is 456 Å². The van der Waals surface area contributed by atoms with Crippen molar-refractivity contribution < 1.29 is 37.3 Å². The number of pyridine rings is 1. The average Bonchev–Trinajstić information content (AvgIpc) is 4.24. The van der Waals surface area contributed by atoms with Crippen molar-refractivity contribution in [2.24, 2.45) is 11.3 Å². The molecule has 79 heavy (non-hydrogen) atoms. The first-order chi connectivity index (χ1) is 38.0. The number of rotatable bonds is 15. The molecule has 16 nitrogen and oxygen atoms in total. The summed E-state index contributed by atoms with van der Waals surface area (Å²) in [5.74, 6) is -2.95. The van der Waals surface area contributed by atoms with Gasteiger partial charge in [-0.25, -0.2) is 4.39 Å². The Morgan fingerprint density at radius 2 is 1.56 bits per heavy atom. The van der Waals surface area contributed by atoms with Crippen LogP contribution in [-0.4, -0.2) is 154 Å². The highest BCUT2D eigenvalue weighted by Crippen LogP contribution is 2.47. The van der Waals surface area contributed by atoms with Gasteiger partial charge in [-0.15, -0.1) is 0 Å². The quantitative estimate of drug-likeness (QED) is 0.0326. The van der Waals surface area contributed by atoms with Gasteiger partial charge in [-0.2, -0.15) is 23.1 Å². The molecule has 416 valence electrons. The van der Waals surface area contributed by atoms with E-state index in [0.717, 1.165) is 137 Å². The summed E-state index contributed by atoms with van der Waals surface area (Å²) in [7, 11) is 0. The van der Waals surface area contributed by atoms with E-state index in [0.29, 0.717) is 47.9 Å². The lowest BCUT2D eigenvalue weighted by atomic mass is 9.95. The number of hydrogen-bond acceptors (Lipinski definition) is 14. The van der Waals surface area contributed by atoms with Crippen molar-refractivity contribution in [3.05, 3.63) is 108 Å². The third-order valence-electron chi connectivity index (χ3n) is 16.7. The Hall–Kier alpha value is -7.00. The molecular formula is C59H68F4N12O4. The van der Waals surface area contributed by atoms with Crippen molar-refractivity contribution in [2.45, 2.75) is 83.1 Å². The van der Waals surface area contributed by atoms with Gasteiger partial charge in [-0.3, -0.25) is 30.4 Å². The lowest BCUT2D eigenvalue weighted by Gasteiger charge is -2.39. The van der Waals surface area contributed by atoms with Crippen molar-refractivity contribution in [1.29, 1.82) is 10.8 Å². The lowest BCUT2D eigenvalue weighted by molar-refractivity contribution is -0.134. The fraction of sp³-hybridized carbons (Fsp3) is 0.458. The van der Waals surface area contributed by atoms with Gasteiger partial charge >= 0.3 is 12.2 Å². The zero-order valence-electron chi connectivity index (χ0n) is 44.6. The van der Waals surface area contributed by atoms with E-state index >= 15 is 4.39 Å². The van der Waals surface area contributed by atoms with Crippen LogP contribution in [0.4, 0.5) is 29.1 Å². The van der Waals surface area contributed by atoms with Gasteiger partial charge in [0.15, 0.2) is 11.7 Å². The maximum absolute atomic E-state index is 16.9. The van der Waals surface area contributed by atoms with Crippen LogP contribution < -0.4 is 25.2 Å². The van der Waals surface area contributed by atoms with Crippen molar-refractivity contribution in [3.63, 3.8) is 0 Å². The fourth-order valence-corrected chi connectivity index (χ4v) is 12.1. The summed E-state index contributed by atoms with van der Waals surface area (Å²) in [4.78, 5) is 38.1. The van der Waals surface area contributed by atoms with E-state index in [2.05, 4.69) is 24.9 Å². The maximum atomic E-state index is 16.9. The van der Waals surface area contributed by atoms with Gasteiger partial charge in [0.1, 0.15) is 40.9 Å². The van der Waals surface area contributed by atoms with E-state index in [4.69, 9.17) is 30.5 Å². The number of piperazine rings is 2. The monoisotopic (exact) mass is 1080 g/mol. The lowest BCUT2D eigenvalue weighted by Crippen LogP contribution is -2.51. The van der Waals surface area contributed by atoms with Crippen LogP contribution in [0.3, 0.4) is 0 Å². The molecule has 2 unspecified atom stereocenters. The molecule has 4 aromatic carbocycles. The normalized spacial score (nSPS) is 20.0. The minimum absolute atomic E-state index is 0.0100. The van der Waals surface area contributed by atoms with Crippen LogP contribution in [0.25, 0.3) is 32.9 Å². The van der Waals surface area contributed by atoms with Crippen LogP contribution in [-0.2, 0) is 11.3 Å². The first kappa shape index (κ1) is 54.0. The number of phenols is 2. The standard InChI is InChI=1S/C59H68F4N12O4/c1-36(2)45-26-46(49(77)27-48(45)76)53(64)75(54(65)56(78)67-33-59(61,62)63)42-14-10-37(11-15-42)29-71-20-16-38(17-21-71)30-72-22-24-73(25-23-72)34-58(18-19-58)35-79-57-69-52-47(55(70-57)74-31-40-12-13-41(32-74)68-40)28-66-51(50(52)60)44-9-5-7-39-6-3-4-8-43(39)44/h3-11,14-15,26-28,36,38,40-41,64-65,68,76-77H,12-13,16-25,29-35H2,1-2H3,(H,67,78). The number of benzene rings is 4. The van der Waals surface area contributed by atoms with Gasteiger partial charge in [0, 0.05) is 99.9 Å². The zero-order valence-corrected chi connectivity index (χ0v) is 44.6. The largest absolute Gasteiger partial charge is 0.508 e. The minimum atomic E-state index is -4.72. The SMILES string of the molecule is CC(C)c1cc(C(=N)N(C(=N)C(=O)NCC(F)(F)F)c2ccc(CN3CCC(CN4CCN(CC5(COc6nc(N7CC8CCC(C7)N8)c7cnc(-c8cccc9ccccc89)c(F)c7n6)CC5)CC4)CC3)cc2)c(O)cc1O. The Morgan fingerprint density at radius 1 is 0.861 bits per heavy atom. The molecule has 4 aliphatic heterocycles. The molecular weight excluding hydrogens is 1020 g/mol. The van der Waals surface area contributed by atoms with E-state index in [1.807, 2.05) is 54.6 Å². The molecule has 2 aromatic heterocycles. The molecule has 6 aromatic rings. The number of phenolic OH excluding ortho intramolecular Hbond substituents is 2. The Balaban J connectivity index is 0.682. The van der Waals surface area contributed by atoms with Crippen molar-refractivity contribution >= 4 is 50.8 Å². The molecule has 0 spiro atoms. The average molecular weight is 1090 g/mol. The number of amides is 1. The molecule has 6 N–H and O–H groups in total. The van der Waals surface area contributed by atoms with Crippen LogP contribution in [0.2, 0.25) is 0 Å². The number of nitrogens with zero attached hydrogens (tertiary/aromatic N) is 8. The topological polar surface area (TPSA) is 193 Å². The summed E-state index contributed by atoms with van der Waals surface area (Å²) >= 11 is 0. The molecule has 1 amide bonds. The van der Waals surface area contributed by atoms with Gasteiger partial charge in [-0.1, -0.05) is 68.4 Å². The van der Waals surface area contributed by atoms with E-state index in [-0.39, 0.29) is 45.6 Å². The van der Waals surface area contributed by atoms with Gasteiger partial charge < -0.3 is 40.3 Å². The number of aromatic nitrogens is 3. The van der Waals surface area contributed by atoms with E-state index in [1.165, 1.54) is 6.07 Å². The third-order valence-corrected chi connectivity index (χ3v) is 16.7. The summed E-state index contributed by atoms with van der Waals surface area (Å²) in [5.41, 5.74) is 2.60. The van der Waals surface area contributed by atoms with Gasteiger partial charge in [0.05, 0.1) is 17.6 Å². The number of aromatic hydroxyl groups is 2. The maximum Gasteiger partial charge on any atom is 0.405 e. The van der Waals surface area contributed by atoms with Crippen LogP contribution >= 0.6 is 0 Å². The molecule has 4 saturated heterocycles. The van der Waals surface area contributed by atoms with Crippen molar-refractivity contribution in [2.75, 3.05) is 88.4 Å². The molecule has 1 saturated carbocycles. The smallest absolute Gasteiger partial charge is 0.405 e. The molecule has 1 aliphatic carbocycles. The fourth-order valence-electron chi connectivity index (χ4n) is 12.1. The number of likely N-dealkylation sites (tertiary alicyclic amines) is 1. The number of amidine groups is 2. The Kier molecular flexibility index (Phi) is 15.2. The second kappa shape index (κ2) is 22.3. The number of piperidine rings is 1. The highest BCUT2D eigenvalue weighted by atomic mass is 19.4. The third kappa shape index (κ3) is 12.0. The first-order valence-electron chi connectivity index (χ1n) is 27.6. The molecule has 11 rings (SSSR count). The first-order valence-corrected chi connectivity index (χ1v) is 27.6. The second-order valence-electron chi connectivity index (χ2n) is 22.7. The highest BCUT2D eigenvalue weighted by Gasteiger charge is 2.46. The highest BCUT2D eigenvalue weighted by molar-refractivity contribution is 6.48. The number of alkyl halides is 3. The Bertz CT molecular complexity index is 3230. The van der Waals surface area contributed by atoms with Gasteiger partial charge in [-0.05, 0) is 104 Å². The summed E-state index contributed by atoms with van der Waals surface area (Å²) in [6.07, 6.45) is 3.40. The summed E-state index contributed by atoms with van der Waals surface area (Å²) in [5, 5.41) is 46.8. The predicted octanol–water partition coefficient (Wildman–Crippen LogP) is 8.64. The number of halogens is 4. The number of carbonyl (C=O) groups excluding carboxylic acids is 1. The molecule has 2 atom stereocenters. The number of hydrogen-bond donors (Lipinski definition) is 6. The van der Waals surface area contributed by atoms with E-state index < -0.39 is 41.9 Å².